The van der Waals surface area contributed by atoms with Crippen molar-refractivity contribution in [2.45, 2.75) is 33.7 Å². The van der Waals surface area contributed by atoms with Crippen molar-refractivity contribution in [3.63, 3.8) is 0 Å². The van der Waals surface area contributed by atoms with Gasteiger partial charge in [-0.15, -0.1) is 0 Å². The molecule has 1 unspecified atom stereocenters. The average molecular weight is 161 g/mol. The number of nitrogens with one attached hydrogen (secondary N) is 1. The smallest absolute Gasteiger partial charge is 0.217 e. The van der Waals surface area contributed by atoms with E-state index in [0.717, 1.165) is 0 Å². The molecule has 0 aliphatic carbocycles. The van der Waals surface area contributed by atoms with Crippen LogP contribution < -0.4 is 5.32 Å². The third-order valence-electron chi connectivity index (χ3n) is 0.866. The van der Waals surface area contributed by atoms with Gasteiger partial charge in [-0.2, -0.15) is 0 Å². The van der Waals surface area contributed by atoms with Crippen molar-refractivity contribution < 1.29 is 9.53 Å². The predicted molar refractivity (Wildman–Crippen MR) is 46.5 cm³/mol. The van der Waals surface area contributed by atoms with E-state index in [9.17, 15) is 4.79 Å². The van der Waals surface area contributed by atoms with Crippen LogP contribution in [0.15, 0.2) is 0 Å². The number of hydrogen-bond acceptors (Lipinski definition) is 2. The highest BCUT2D eigenvalue weighted by Gasteiger charge is 1.99. The Morgan fingerprint density at radius 1 is 1.55 bits per heavy atom. The lowest BCUT2D eigenvalue weighted by Gasteiger charge is -2.09. The minimum atomic E-state index is -0.0143. The Bertz CT molecular complexity index is 94.1. The third kappa shape index (κ3) is 12.6. The van der Waals surface area contributed by atoms with Crippen molar-refractivity contribution in [1.82, 2.24) is 5.32 Å². The summed E-state index contributed by atoms with van der Waals surface area (Å²) in [6.45, 7) is 7.96. The lowest BCUT2D eigenvalue weighted by Crippen LogP contribution is -2.33. The average Bonchev–Trinajstić information content (AvgIpc) is 1.91. The maximum absolute atomic E-state index is 10.4. The van der Waals surface area contributed by atoms with Gasteiger partial charge in [-0.3, -0.25) is 4.79 Å². The van der Waals surface area contributed by atoms with Gasteiger partial charge in [0, 0.05) is 20.1 Å². The Labute approximate surface area is 69.1 Å². The van der Waals surface area contributed by atoms with Crippen molar-refractivity contribution in [1.29, 1.82) is 0 Å². The van der Waals surface area contributed by atoms with E-state index in [1.54, 1.807) is 7.11 Å². The first-order valence-electron chi connectivity index (χ1n) is 3.93. The second-order valence-corrected chi connectivity index (χ2v) is 2.06. The summed E-state index contributed by atoms with van der Waals surface area (Å²) in [6, 6.07) is 0.118. The molecule has 0 aromatic rings. The molecule has 0 rings (SSSR count). The predicted octanol–water partition coefficient (Wildman–Crippen LogP) is 1.18. The molecule has 0 saturated carbocycles. The van der Waals surface area contributed by atoms with E-state index < -0.39 is 0 Å². The standard InChI is InChI=1S/C6H13NO2.C2H6/c1-5(4-9-3)7-6(2)8;1-2/h5H,4H2,1-3H3,(H,7,8);1-2H3. The Hall–Kier alpha value is -0.570. The highest BCUT2D eigenvalue weighted by Crippen LogP contribution is 1.80. The van der Waals surface area contributed by atoms with E-state index >= 15 is 0 Å². The fraction of sp³-hybridized carbons (Fsp3) is 0.875. The minimum Gasteiger partial charge on any atom is -0.383 e. The van der Waals surface area contributed by atoms with Gasteiger partial charge in [-0.25, -0.2) is 0 Å². The maximum atomic E-state index is 10.4. The molecule has 3 nitrogen and oxygen atoms in total. The Balaban J connectivity index is 0. The van der Waals surface area contributed by atoms with Crippen molar-refractivity contribution in [2.75, 3.05) is 13.7 Å². The van der Waals surface area contributed by atoms with Gasteiger partial charge < -0.3 is 10.1 Å². The topological polar surface area (TPSA) is 38.3 Å². The molecule has 1 amide bonds. The number of methoxy groups -OCH3 is 1. The fourth-order valence-electron chi connectivity index (χ4n) is 0.639. The van der Waals surface area contributed by atoms with Gasteiger partial charge >= 0.3 is 0 Å². The lowest BCUT2D eigenvalue weighted by atomic mass is 10.3. The second kappa shape index (κ2) is 9.43. The highest BCUT2D eigenvalue weighted by atomic mass is 16.5. The van der Waals surface area contributed by atoms with Crippen molar-refractivity contribution in [3.8, 4) is 0 Å². The summed E-state index contributed by atoms with van der Waals surface area (Å²) >= 11 is 0. The summed E-state index contributed by atoms with van der Waals surface area (Å²) in [4.78, 5) is 10.4. The summed E-state index contributed by atoms with van der Waals surface area (Å²) in [5.74, 6) is -0.0143. The fourth-order valence-corrected chi connectivity index (χ4v) is 0.639. The highest BCUT2D eigenvalue weighted by molar-refractivity contribution is 5.73. The zero-order chi connectivity index (χ0) is 9.28. The van der Waals surface area contributed by atoms with Gasteiger partial charge in [0.2, 0.25) is 5.91 Å². The summed E-state index contributed by atoms with van der Waals surface area (Å²) in [7, 11) is 1.61. The van der Waals surface area contributed by atoms with Crippen molar-refractivity contribution in [2.24, 2.45) is 0 Å². The van der Waals surface area contributed by atoms with E-state index in [4.69, 9.17) is 4.74 Å². The van der Waals surface area contributed by atoms with Crippen LogP contribution in [-0.4, -0.2) is 25.7 Å². The third-order valence-corrected chi connectivity index (χ3v) is 0.866. The first kappa shape index (κ1) is 13.1. The molecule has 0 aromatic carbocycles. The van der Waals surface area contributed by atoms with E-state index in [1.165, 1.54) is 6.92 Å². The van der Waals surface area contributed by atoms with Crippen LogP contribution in [0.3, 0.4) is 0 Å². The van der Waals surface area contributed by atoms with Crippen LogP contribution in [0.25, 0.3) is 0 Å². The minimum absolute atomic E-state index is 0.0143. The molecular weight excluding hydrogens is 142 g/mol. The summed E-state index contributed by atoms with van der Waals surface area (Å²) in [5, 5.41) is 2.68. The van der Waals surface area contributed by atoms with E-state index in [-0.39, 0.29) is 11.9 Å². The van der Waals surface area contributed by atoms with Crippen LogP contribution in [0.5, 0.6) is 0 Å². The van der Waals surface area contributed by atoms with Crippen molar-refractivity contribution >= 4 is 5.91 Å². The van der Waals surface area contributed by atoms with Crippen molar-refractivity contribution in [3.05, 3.63) is 0 Å². The molecule has 0 spiro atoms. The molecule has 1 atom stereocenters. The Kier molecular flexibility index (Phi) is 11.2. The SMILES string of the molecule is CC.COCC(C)NC(C)=O. The normalized spacial score (nSPS) is 11.0. The first-order valence-corrected chi connectivity index (χ1v) is 3.93. The molecule has 0 fully saturated rings. The van der Waals surface area contributed by atoms with Crippen LogP contribution in [0, 0.1) is 0 Å². The van der Waals surface area contributed by atoms with Gasteiger partial charge in [0.1, 0.15) is 0 Å². The molecule has 68 valence electrons. The molecule has 3 heteroatoms. The molecule has 0 aromatic heterocycles. The second-order valence-electron chi connectivity index (χ2n) is 2.06. The Morgan fingerprint density at radius 3 is 2.27 bits per heavy atom. The molecule has 11 heavy (non-hydrogen) atoms. The molecule has 0 saturated heterocycles. The van der Waals surface area contributed by atoms with Gasteiger partial charge in [-0.05, 0) is 6.92 Å². The molecular formula is C8H19NO2. The molecule has 0 aliphatic rings. The number of carbonyl (C=O) groups is 1. The molecule has 0 radical (unpaired) electrons. The number of ether oxygens (including phenoxy) is 1. The van der Waals surface area contributed by atoms with Gasteiger partial charge in [0.15, 0.2) is 0 Å². The first-order chi connectivity index (χ1) is 5.16. The molecule has 0 bridgehead atoms. The zero-order valence-corrected chi connectivity index (χ0v) is 8.10. The molecule has 0 aliphatic heterocycles. The van der Waals surface area contributed by atoms with Gasteiger partial charge in [0.25, 0.3) is 0 Å². The summed E-state index contributed by atoms with van der Waals surface area (Å²) in [5.41, 5.74) is 0. The molecule has 0 heterocycles. The largest absolute Gasteiger partial charge is 0.383 e. The quantitative estimate of drug-likeness (QED) is 0.675. The summed E-state index contributed by atoms with van der Waals surface area (Å²) < 4.78 is 4.79. The lowest BCUT2D eigenvalue weighted by molar-refractivity contribution is -0.119. The Morgan fingerprint density at radius 2 is 2.00 bits per heavy atom. The van der Waals surface area contributed by atoms with E-state index in [1.807, 2.05) is 20.8 Å². The number of carbonyl (C=O) groups excluding carboxylic acids is 1. The number of amides is 1. The van der Waals surface area contributed by atoms with Crippen LogP contribution in [0.4, 0.5) is 0 Å². The van der Waals surface area contributed by atoms with Gasteiger partial charge in [0.05, 0.1) is 6.61 Å². The zero-order valence-electron chi connectivity index (χ0n) is 8.10. The maximum Gasteiger partial charge on any atom is 0.217 e. The monoisotopic (exact) mass is 161 g/mol. The van der Waals surface area contributed by atoms with Crippen LogP contribution in [0.1, 0.15) is 27.7 Å². The van der Waals surface area contributed by atoms with Crippen LogP contribution in [0.2, 0.25) is 0 Å². The van der Waals surface area contributed by atoms with Crippen LogP contribution in [-0.2, 0) is 9.53 Å². The van der Waals surface area contributed by atoms with E-state index in [0.29, 0.717) is 6.61 Å². The van der Waals surface area contributed by atoms with Crippen LogP contribution >= 0.6 is 0 Å². The van der Waals surface area contributed by atoms with Gasteiger partial charge in [-0.1, -0.05) is 13.8 Å². The van der Waals surface area contributed by atoms with E-state index in [2.05, 4.69) is 5.32 Å². The summed E-state index contributed by atoms with van der Waals surface area (Å²) in [6.07, 6.45) is 0. The number of rotatable bonds is 3. The number of hydrogen-bond donors (Lipinski definition) is 1. The molecule has 1 N–H and O–H groups in total.